The second-order valence-electron chi connectivity index (χ2n) is 20.7. The summed E-state index contributed by atoms with van der Waals surface area (Å²) in [7, 11) is 0. The number of aromatic nitrogens is 1. The van der Waals surface area contributed by atoms with Crippen molar-refractivity contribution in [2.75, 3.05) is 0 Å². The first-order valence-corrected chi connectivity index (χ1v) is 22.1. The Balaban J connectivity index is 0.000000183. The molecule has 0 bridgehead atoms. The van der Waals surface area contributed by atoms with Gasteiger partial charge < -0.3 is 10.2 Å². The van der Waals surface area contributed by atoms with Gasteiger partial charge >= 0.3 is 11.9 Å². The molecule has 2 N–H and O–H groups in total. The lowest BCUT2D eigenvalue weighted by Gasteiger charge is -2.42. The predicted octanol–water partition coefficient (Wildman–Crippen LogP) is 13.9. The first kappa shape index (κ1) is 43.1. The fourth-order valence-electron chi connectivity index (χ4n) is 10.3. The molecule has 0 amide bonds. The number of hydrogen-bond donors (Lipinski definition) is 2. The van der Waals surface area contributed by atoms with E-state index in [0.29, 0.717) is 5.92 Å². The summed E-state index contributed by atoms with van der Waals surface area (Å²) in [6, 6.07) is 23.9. The standard InChI is InChI=1S/C30H36O2.C25H29NO2/c1-19(16-28(31)32)21-7-9-22(10-8-21)23-11-12-24(17-23)25-18-27-26(15-20(25)2)29(3,4)13-14-30(27,5)6;1-24(2)11-12-25(3,4)21-14-17(7-9-20(21)24)16-5-6-18(13-16)22-10-8-19(15-26-22)23(27)28/h7-10,15-18,23H,11-14H2,1-6H3,(H,31,32);7-10,13-15,18H,5-6,11-12H2,1-4H3,(H,27,28). The Morgan fingerprint density at radius 3 is 1.75 bits per heavy atom. The van der Waals surface area contributed by atoms with Gasteiger partial charge in [0.15, 0.2) is 0 Å². The molecule has 5 nitrogen and oxygen atoms in total. The van der Waals surface area contributed by atoms with Crippen LogP contribution in [-0.2, 0) is 26.5 Å². The molecule has 2 unspecified atom stereocenters. The first-order valence-electron chi connectivity index (χ1n) is 22.1. The molecule has 0 spiro atoms. The van der Waals surface area contributed by atoms with Crippen LogP contribution in [-0.4, -0.2) is 27.1 Å². The van der Waals surface area contributed by atoms with Crippen LogP contribution in [0.15, 0.2) is 91.2 Å². The summed E-state index contributed by atoms with van der Waals surface area (Å²) in [4.78, 5) is 26.4. The molecular formula is C55H65NO4. The number of carbonyl (C=O) groups is 2. The molecule has 4 aliphatic rings. The number of allylic oxidation sites excluding steroid dienone is 5. The van der Waals surface area contributed by atoms with Crippen LogP contribution in [0, 0.1) is 6.92 Å². The monoisotopic (exact) mass is 803 g/mol. The van der Waals surface area contributed by atoms with Gasteiger partial charge in [0.2, 0.25) is 0 Å². The van der Waals surface area contributed by atoms with Gasteiger partial charge in [-0.25, -0.2) is 9.59 Å². The van der Waals surface area contributed by atoms with Crippen LogP contribution >= 0.6 is 0 Å². The highest BCUT2D eigenvalue weighted by molar-refractivity contribution is 5.89. The predicted molar refractivity (Wildman–Crippen MR) is 247 cm³/mol. The molecule has 3 aromatic carbocycles. The number of carboxylic acid groups (broad SMARTS) is 2. The van der Waals surface area contributed by atoms with Crippen molar-refractivity contribution in [3.05, 3.63) is 152 Å². The van der Waals surface area contributed by atoms with E-state index in [1.807, 2.05) is 25.1 Å². The molecule has 0 saturated carbocycles. The summed E-state index contributed by atoms with van der Waals surface area (Å²) in [5, 5.41) is 18.0. The topological polar surface area (TPSA) is 87.5 Å². The number of hydrogen-bond acceptors (Lipinski definition) is 3. The minimum Gasteiger partial charge on any atom is -0.478 e. The van der Waals surface area contributed by atoms with E-state index in [1.165, 1.54) is 93.6 Å². The number of fused-ring (bicyclic) bond motifs is 2. The number of pyridine rings is 1. The highest BCUT2D eigenvalue weighted by atomic mass is 16.4. The molecular weight excluding hydrogens is 739 g/mol. The average molecular weight is 804 g/mol. The number of aryl methyl sites for hydroxylation is 1. The minimum atomic E-state index is -0.929. The Morgan fingerprint density at radius 2 is 1.17 bits per heavy atom. The summed E-state index contributed by atoms with van der Waals surface area (Å²) >= 11 is 0. The number of nitrogens with zero attached hydrogens (tertiary/aromatic N) is 1. The molecule has 5 heteroatoms. The second kappa shape index (κ2) is 16.1. The average Bonchev–Trinajstić information content (AvgIpc) is 3.90. The molecule has 2 atom stereocenters. The van der Waals surface area contributed by atoms with Gasteiger partial charge in [0.25, 0.3) is 0 Å². The Morgan fingerprint density at radius 1 is 0.633 bits per heavy atom. The van der Waals surface area contributed by atoms with Crippen LogP contribution in [0.3, 0.4) is 0 Å². The van der Waals surface area contributed by atoms with Gasteiger partial charge in [-0.2, -0.15) is 0 Å². The zero-order chi connectivity index (χ0) is 43.4. The van der Waals surface area contributed by atoms with Crippen LogP contribution in [0.5, 0.6) is 0 Å². The van der Waals surface area contributed by atoms with Crippen molar-refractivity contribution in [1.82, 2.24) is 4.98 Å². The summed E-state index contributed by atoms with van der Waals surface area (Å²) < 4.78 is 0. The molecule has 60 heavy (non-hydrogen) atoms. The van der Waals surface area contributed by atoms with Crippen molar-refractivity contribution in [3.8, 4) is 0 Å². The molecule has 1 heterocycles. The van der Waals surface area contributed by atoms with E-state index < -0.39 is 11.9 Å². The summed E-state index contributed by atoms with van der Waals surface area (Å²) in [5.74, 6) is -1.15. The van der Waals surface area contributed by atoms with E-state index in [2.05, 4.69) is 122 Å². The third-order valence-electron chi connectivity index (χ3n) is 14.6. The van der Waals surface area contributed by atoms with E-state index in [-0.39, 0.29) is 33.1 Å². The van der Waals surface area contributed by atoms with Gasteiger partial charge in [-0.1, -0.05) is 122 Å². The van der Waals surface area contributed by atoms with Crippen LogP contribution < -0.4 is 0 Å². The van der Waals surface area contributed by atoms with Crippen molar-refractivity contribution < 1.29 is 19.8 Å². The van der Waals surface area contributed by atoms with E-state index in [1.54, 1.807) is 6.07 Å². The maximum atomic E-state index is 11.0. The Labute approximate surface area is 358 Å². The highest BCUT2D eigenvalue weighted by Crippen LogP contribution is 2.50. The summed E-state index contributed by atoms with van der Waals surface area (Å²) in [5.41, 5.74) is 18.2. The fraction of sp³-hybridized carbons (Fsp3) is 0.436. The first-order chi connectivity index (χ1) is 28.1. The van der Waals surface area contributed by atoms with Crippen LogP contribution in [0.1, 0.15) is 192 Å². The quantitative estimate of drug-likeness (QED) is 0.182. The van der Waals surface area contributed by atoms with Gasteiger partial charge in [0, 0.05) is 29.8 Å². The zero-order valence-corrected chi connectivity index (χ0v) is 37.6. The largest absolute Gasteiger partial charge is 0.478 e. The highest BCUT2D eigenvalue weighted by Gasteiger charge is 2.39. The number of aliphatic carboxylic acids is 1. The number of aromatic carboxylic acids is 1. The molecule has 8 rings (SSSR count). The fourth-order valence-corrected chi connectivity index (χ4v) is 10.3. The molecule has 0 saturated heterocycles. The third-order valence-corrected chi connectivity index (χ3v) is 14.6. The van der Waals surface area contributed by atoms with E-state index in [9.17, 15) is 9.59 Å². The van der Waals surface area contributed by atoms with Crippen molar-refractivity contribution in [2.24, 2.45) is 0 Å². The van der Waals surface area contributed by atoms with E-state index in [0.717, 1.165) is 42.5 Å². The van der Waals surface area contributed by atoms with Crippen molar-refractivity contribution >= 4 is 28.7 Å². The molecule has 314 valence electrons. The van der Waals surface area contributed by atoms with Gasteiger partial charge in [0.1, 0.15) is 0 Å². The van der Waals surface area contributed by atoms with Gasteiger partial charge in [-0.3, -0.25) is 4.98 Å². The lowest BCUT2D eigenvalue weighted by Crippen LogP contribution is -2.34. The third kappa shape index (κ3) is 8.74. The van der Waals surface area contributed by atoms with Gasteiger partial charge in [-0.05, 0) is 166 Å². The van der Waals surface area contributed by atoms with Crippen molar-refractivity contribution in [3.63, 3.8) is 0 Å². The summed E-state index contributed by atoms with van der Waals surface area (Å²) in [6.07, 6.45) is 16.8. The second-order valence-corrected chi connectivity index (χ2v) is 20.7. The number of benzene rings is 3. The Bertz CT molecular complexity index is 2400. The van der Waals surface area contributed by atoms with E-state index in [4.69, 9.17) is 10.2 Å². The van der Waals surface area contributed by atoms with Gasteiger partial charge in [0.05, 0.1) is 5.56 Å². The van der Waals surface area contributed by atoms with Crippen molar-refractivity contribution in [1.29, 1.82) is 0 Å². The molecule has 0 fully saturated rings. The van der Waals surface area contributed by atoms with Crippen LogP contribution in [0.25, 0.3) is 16.7 Å². The molecule has 4 aromatic rings. The molecule has 4 aliphatic carbocycles. The zero-order valence-electron chi connectivity index (χ0n) is 37.6. The van der Waals surface area contributed by atoms with Crippen molar-refractivity contribution in [2.45, 2.75) is 154 Å². The lowest BCUT2D eigenvalue weighted by atomic mass is 9.62. The normalized spacial score (nSPS) is 22.1. The van der Waals surface area contributed by atoms with Crippen LogP contribution in [0.2, 0.25) is 0 Å². The molecule has 0 radical (unpaired) electrons. The maximum Gasteiger partial charge on any atom is 0.337 e. The maximum absolute atomic E-state index is 11.0. The Hall–Kier alpha value is -5.03. The minimum absolute atomic E-state index is 0.216. The number of carboxylic acids is 2. The van der Waals surface area contributed by atoms with E-state index >= 15 is 0 Å². The number of rotatable bonds is 7. The SMILES string of the molecule is CC(=CC(=O)O)c1ccc(C2C=C(c3cc4c(cc3C)C(C)(C)CCC4(C)C)CC2)cc1.CC1(C)CCC(C)(C)c2cc(C3=CC(c4ccc(C(=O)O)cn4)CC3)ccc21. The molecule has 1 aromatic heterocycles. The summed E-state index contributed by atoms with van der Waals surface area (Å²) in [6.45, 7) is 23.1. The molecule has 0 aliphatic heterocycles. The Kier molecular flexibility index (Phi) is 11.6. The smallest absolute Gasteiger partial charge is 0.337 e. The van der Waals surface area contributed by atoms with Gasteiger partial charge in [-0.15, -0.1) is 0 Å². The van der Waals surface area contributed by atoms with Crippen LogP contribution in [0.4, 0.5) is 0 Å². The lowest BCUT2D eigenvalue weighted by molar-refractivity contribution is -0.131.